The molecule has 1 atom stereocenters. The molecule has 134 valence electrons. The van der Waals surface area contributed by atoms with Gasteiger partial charge in [-0.25, -0.2) is 23.1 Å². The minimum Gasteiger partial charge on any atom is -0.336 e. The van der Waals surface area contributed by atoms with Crippen molar-refractivity contribution in [2.75, 3.05) is 24.5 Å². The number of hydrogen-bond acceptors (Lipinski definition) is 4. The van der Waals surface area contributed by atoms with Gasteiger partial charge >= 0.3 is 0 Å². The average molecular weight is 358 g/mol. The highest BCUT2D eigenvalue weighted by molar-refractivity contribution is 5.93. The highest BCUT2D eigenvalue weighted by Crippen LogP contribution is 2.31. The third kappa shape index (κ3) is 2.99. The molecule has 1 N–H and O–H groups in total. The lowest BCUT2D eigenvalue weighted by Crippen LogP contribution is -2.50. The van der Waals surface area contributed by atoms with Gasteiger partial charge < -0.3 is 10.2 Å². The zero-order valence-corrected chi connectivity index (χ0v) is 14.1. The summed E-state index contributed by atoms with van der Waals surface area (Å²) in [7, 11) is 0. The van der Waals surface area contributed by atoms with Gasteiger partial charge in [-0.05, 0) is 31.2 Å². The molecule has 0 radical (unpaired) electrons. The molecule has 1 aromatic heterocycles. The summed E-state index contributed by atoms with van der Waals surface area (Å²) in [5, 5.41) is 3.80. The molecule has 1 fully saturated rings. The molecule has 2 aromatic carbocycles. The van der Waals surface area contributed by atoms with Crippen LogP contribution in [0.4, 0.5) is 19.1 Å². The van der Waals surface area contributed by atoms with Crippen molar-refractivity contribution in [1.82, 2.24) is 15.3 Å². The second-order valence-corrected chi connectivity index (χ2v) is 6.40. The SMILES string of the molecule is C[C@H]1CNCCN1c1nc(-c2ccc(F)cc2F)c2ccc(F)cc2n1. The summed E-state index contributed by atoms with van der Waals surface area (Å²) in [6, 6.07) is 7.60. The Morgan fingerprint density at radius 2 is 1.81 bits per heavy atom. The second-order valence-electron chi connectivity index (χ2n) is 6.40. The molecular weight excluding hydrogens is 341 g/mol. The molecule has 4 rings (SSSR count). The van der Waals surface area contributed by atoms with Crippen molar-refractivity contribution in [1.29, 1.82) is 0 Å². The lowest BCUT2D eigenvalue weighted by Gasteiger charge is -2.34. The Morgan fingerprint density at radius 1 is 1.04 bits per heavy atom. The molecule has 0 saturated carbocycles. The zero-order chi connectivity index (χ0) is 18.3. The Labute approximate surface area is 148 Å². The van der Waals surface area contributed by atoms with Gasteiger partial charge in [0.1, 0.15) is 17.5 Å². The predicted molar refractivity (Wildman–Crippen MR) is 94.5 cm³/mol. The first-order valence-corrected chi connectivity index (χ1v) is 8.43. The predicted octanol–water partition coefficient (Wildman–Crippen LogP) is 3.51. The Bertz CT molecular complexity index is 976. The number of nitrogens with zero attached hydrogens (tertiary/aromatic N) is 3. The van der Waals surface area contributed by atoms with Crippen molar-refractivity contribution < 1.29 is 13.2 Å². The van der Waals surface area contributed by atoms with Crippen molar-refractivity contribution in [2.45, 2.75) is 13.0 Å². The Balaban J connectivity index is 1.95. The lowest BCUT2D eigenvalue weighted by atomic mass is 10.1. The molecule has 3 aromatic rings. The standard InChI is InChI=1S/C19H17F3N4/c1-11-10-23-6-7-26(11)19-24-17-9-13(21)3-5-15(17)18(25-19)14-4-2-12(20)8-16(14)22/h2-5,8-9,11,23H,6-7,10H2,1H3/t11-/m0/s1. The fourth-order valence-corrected chi connectivity index (χ4v) is 3.24. The number of aromatic nitrogens is 2. The normalized spacial score (nSPS) is 17.7. The maximum Gasteiger partial charge on any atom is 0.226 e. The van der Waals surface area contributed by atoms with Gasteiger partial charge in [-0.2, -0.15) is 0 Å². The van der Waals surface area contributed by atoms with E-state index in [1.807, 2.05) is 11.8 Å². The van der Waals surface area contributed by atoms with E-state index in [0.717, 1.165) is 19.2 Å². The topological polar surface area (TPSA) is 41.0 Å². The van der Waals surface area contributed by atoms with E-state index in [1.54, 1.807) is 0 Å². The third-order valence-electron chi connectivity index (χ3n) is 4.59. The van der Waals surface area contributed by atoms with Gasteiger partial charge in [0.2, 0.25) is 5.95 Å². The van der Waals surface area contributed by atoms with Crippen LogP contribution >= 0.6 is 0 Å². The van der Waals surface area contributed by atoms with Crippen LogP contribution in [0.2, 0.25) is 0 Å². The summed E-state index contributed by atoms with van der Waals surface area (Å²) in [5.41, 5.74) is 0.877. The van der Waals surface area contributed by atoms with Gasteiger partial charge in [0.25, 0.3) is 0 Å². The van der Waals surface area contributed by atoms with Gasteiger partial charge in [0, 0.05) is 48.8 Å². The summed E-state index contributed by atoms with van der Waals surface area (Å²) in [6.07, 6.45) is 0. The number of rotatable bonds is 2. The third-order valence-corrected chi connectivity index (χ3v) is 4.59. The summed E-state index contributed by atoms with van der Waals surface area (Å²) in [5.74, 6) is -1.39. The monoisotopic (exact) mass is 358 g/mol. The number of fused-ring (bicyclic) bond motifs is 1. The molecule has 0 amide bonds. The number of anilines is 1. The molecule has 26 heavy (non-hydrogen) atoms. The maximum absolute atomic E-state index is 14.4. The molecule has 0 unspecified atom stereocenters. The van der Waals surface area contributed by atoms with Crippen molar-refractivity contribution in [3.05, 3.63) is 53.8 Å². The summed E-state index contributed by atoms with van der Waals surface area (Å²) >= 11 is 0. The first kappa shape index (κ1) is 16.8. The Kier molecular flexibility index (Phi) is 4.24. The fraction of sp³-hybridized carbons (Fsp3) is 0.263. The van der Waals surface area contributed by atoms with Crippen LogP contribution in [-0.2, 0) is 0 Å². The average Bonchev–Trinajstić information content (AvgIpc) is 2.61. The van der Waals surface area contributed by atoms with Crippen molar-refractivity contribution in [3.8, 4) is 11.3 Å². The lowest BCUT2D eigenvalue weighted by molar-refractivity contribution is 0.493. The van der Waals surface area contributed by atoms with Gasteiger partial charge in [-0.15, -0.1) is 0 Å². The van der Waals surface area contributed by atoms with Crippen LogP contribution in [0.5, 0.6) is 0 Å². The summed E-state index contributed by atoms with van der Waals surface area (Å²) in [4.78, 5) is 11.1. The van der Waals surface area contributed by atoms with E-state index >= 15 is 0 Å². The van der Waals surface area contributed by atoms with Crippen LogP contribution in [0.3, 0.4) is 0 Å². The largest absolute Gasteiger partial charge is 0.336 e. The first-order chi connectivity index (χ1) is 12.5. The van der Waals surface area contributed by atoms with Crippen LogP contribution in [0.15, 0.2) is 36.4 Å². The second kappa shape index (κ2) is 6.57. The van der Waals surface area contributed by atoms with Gasteiger partial charge in [0.15, 0.2) is 0 Å². The van der Waals surface area contributed by atoms with E-state index in [2.05, 4.69) is 15.3 Å². The number of benzene rings is 2. The molecule has 0 spiro atoms. The summed E-state index contributed by atoms with van der Waals surface area (Å²) < 4.78 is 41.5. The molecule has 1 aliphatic heterocycles. The quantitative estimate of drug-likeness (QED) is 0.761. The minimum atomic E-state index is -0.714. The summed E-state index contributed by atoms with van der Waals surface area (Å²) in [6.45, 7) is 4.26. The fourth-order valence-electron chi connectivity index (χ4n) is 3.24. The molecule has 4 nitrogen and oxygen atoms in total. The molecular formula is C19H17F3N4. The molecule has 1 saturated heterocycles. The van der Waals surface area contributed by atoms with Gasteiger partial charge in [-0.3, -0.25) is 0 Å². The molecule has 1 aliphatic rings. The molecule has 0 bridgehead atoms. The van der Waals surface area contributed by atoms with Crippen LogP contribution in [0.25, 0.3) is 22.2 Å². The van der Waals surface area contributed by atoms with E-state index in [0.29, 0.717) is 29.1 Å². The highest BCUT2D eigenvalue weighted by atomic mass is 19.1. The minimum absolute atomic E-state index is 0.140. The first-order valence-electron chi connectivity index (χ1n) is 8.43. The molecule has 7 heteroatoms. The van der Waals surface area contributed by atoms with Crippen LogP contribution in [-0.4, -0.2) is 35.6 Å². The Morgan fingerprint density at radius 3 is 2.58 bits per heavy atom. The van der Waals surface area contributed by atoms with E-state index in [9.17, 15) is 13.2 Å². The van der Waals surface area contributed by atoms with Crippen molar-refractivity contribution >= 4 is 16.9 Å². The van der Waals surface area contributed by atoms with Crippen molar-refractivity contribution in [2.24, 2.45) is 0 Å². The van der Waals surface area contributed by atoms with Gasteiger partial charge in [0.05, 0.1) is 11.2 Å². The smallest absolute Gasteiger partial charge is 0.226 e. The van der Waals surface area contributed by atoms with Crippen molar-refractivity contribution in [3.63, 3.8) is 0 Å². The zero-order valence-electron chi connectivity index (χ0n) is 14.1. The number of nitrogens with one attached hydrogen (secondary N) is 1. The number of halogens is 3. The maximum atomic E-state index is 14.4. The highest BCUT2D eigenvalue weighted by Gasteiger charge is 2.23. The number of piperazine rings is 1. The number of hydrogen-bond donors (Lipinski definition) is 1. The van der Waals surface area contributed by atoms with E-state index in [1.165, 1.54) is 30.3 Å². The van der Waals surface area contributed by atoms with Crippen LogP contribution in [0.1, 0.15) is 6.92 Å². The van der Waals surface area contributed by atoms with E-state index in [-0.39, 0.29) is 11.6 Å². The Hall–Kier alpha value is -2.67. The van der Waals surface area contributed by atoms with E-state index in [4.69, 9.17) is 0 Å². The van der Waals surface area contributed by atoms with Crippen LogP contribution in [0, 0.1) is 17.5 Å². The molecule has 0 aliphatic carbocycles. The van der Waals surface area contributed by atoms with E-state index < -0.39 is 17.5 Å². The van der Waals surface area contributed by atoms with Crippen LogP contribution < -0.4 is 10.2 Å². The van der Waals surface area contributed by atoms with Gasteiger partial charge in [-0.1, -0.05) is 0 Å². The molecule has 2 heterocycles.